The summed E-state index contributed by atoms with van der Waals surface area (Å²) in [6, 6.07) is 12.8. The van der Waals surface area contributed by atoms with Gasteiger partial charge < -0.3 is 5.32 Å². The Balaban J connectivity index is 1.96. The first kappa shape index (κ1) is 16.0. The summed E-state index contributed by atoms with van der Waals surface area (Å²) in [4.78, 5) is 1.13. The Hall–Kier alpha value is -1.39. The summed E-state index contributed by atoms with van der Waals surface area (Å²) in [5.74, 6) is -0.966. The van der Waals surface area contributed by atoms with E-state index in [1.807, 2.05) is 12.1 Å². The van der Waals surface area contributed by atoms with Crippen molar-refractivity contribution < 1.29 is 8.78 Å². The van der Waals surface area contributed by atoms with Crippen LogP contribution < -0.4 is 5.32 Å². The number of nitrogens with one attached hydrogen (secondary N) is 1. The molecule has 1 N–H and O–H groups in total. The van der Waals surface area contributed by atoms with Gasteiger partial charge in [0, 0.05) is 23.2 Å². The van der Waals surface area contributed by atoms with Crippen molar-refractivity contribution in [3.8, 4) is 0 Å². The monoisotopic (exact) mass is 307 g/mol. The van der Waals surface area contributed by atoms with E-state index >= 15 is 0 Å². The lowest BCUT2D eigenvalue weighted by molar-refractivity contribution is 0.507. The van der Waals surface area contributed by atoms with Crippen LogP contribution in [0.15, 0.2) is 47.4 Å². The van der Waals surface area contributed by atoms with E-state index in [0.29, 0.717) is 11.8 Å². The van der Waals surface area contributed by atoms with Crippen molar-refractivity contribution in [2.24, 2.45) is 0 Å². The van der Waals surface area contributed by atoms with Crippen LogP contribution in [-0.4, -0.2) is 6.04 Å². The van der Waals surface area contributed by atoms with Crippen molar-refractivity contribution in [2.75, 3.05) is 0 Å². The minimum atomic E-state index is -0.800. The Morgan fingerprint density at radius 3 is 2.52 bits per heavy atom. The van der Waals surface area contributed by atoms with Crippen molar-refractivity contribution >= 4 is 11.8 Å². The summed E-state index contributed by atoms with van der Waals surface area (Å²) in [6.07, 6.45) is 0. The molecule has 0 radical (unpaired) electrons. The molecule has 0 spiro atoms. The molecule has 0 aromatic heterocycles. The zero-order chi connectivity index (χ0) is 15.2. The molecule has 2 aromatic rings. The number of benzene rings is 2. The number of halogens is 2. The van der Waals surface area contributed by atoms with Gasteiger partial charge in [0.2, 0.25) is 0 Å². The van der Waals surface area contributed by atoms with Crippen molar-refractivity contribution in [3.05, 3.63) is 65.2 Å². The molecule has 2 rings (SSSR count). The molecular weight excluding hydrogens is 288 g/mol. The number of hydrogen-bond acceptors (Lipinski definition) is 2. The number of hydrogen-bond donors (Lipinski definition) is 1. The fourth-order valence-electron chi connectivity index (χ4n) is 1.86. The molecule has 0 unspecified atom stereocenters. The second kappa shape index (κ2) is 7.57. The third-order valence-electron chi connectivity index (χ3n) is 3.00. The molecule has 112 valence electrons. The van der Waals surface area contributed by atoms with Crippen LogP contribution in [-0.2, 0) is 12.3 Å². The Morgan fingerprint density at radius 1 is 1.00 bits per heavy atom. The Kier molecular flexibility index (Phi) is 5.76. The van der Waals surface area contributed by atoms with Gasteiger partial charge in [0.05, 0.1) is 0 Å². The summed E-state index contributed by atoms with van der Waals surface area (Å²) >= 11 is 1.62. The Morgan fingerprint density at radius 2 is 1.81 bits per heavy atom. The first-order valence-corrected chi connectivity index (χ1v) is 7.92. The predicted molar refractivity (Wildman–Crippen MR) is 84.3 cm³/mol. The molecule has 0 atom stereocenters. The van der Waals surface area contributed by atoms with Gasteiger partial charge in [-0.1, -0.05) is 32.0 Å². The topological polar surface area (TPSA) is 12.0 Å². The maximum atomic E-state index is 13.2. The van der Waals surface area contributed by atoms with E-state index < -0.39 is 11.6 Å². The lowest BCUT2D eigenvalue weighted by atomic mass is 10.2. The van der Waals surface area contributed by atoms with Crippen LogP contribution in [0.25, 0.3) is 0 Å². The molecule has 0 bridgehead atoms. The molecule has 0 fully saturated rings. The normalized spacial score (nSPS) is 11.1. The van der Waals surface area contributed by atoms with Gasteiger partial charge in [-0.3, -0.25) is 0 Å². The van der Waals surface area contributed by atoms with Gasteiger partial charge in [-0.2, -0.15) is 0 Å². The van der Waals surface area contributed by atoms with Gasteiger partial charge >= 0.3 is 0 Å². The fourth-order valence-corrected chi connectivity index (χ4v) is 2.79. The van der Waals surface area contributed by atoms with Crippen molar-refractivity contribution in [1.82, 2.24) is 5.32 Å². The largest absolute Gasteiger partial charge is 0.310 e. The van der Waals surface area contributed by atoms with Gasteiger partial charge in [-0.05, 0) is 35.4 Å². The molecule has 2 aromatic carbocycles. The molecule has 1 nitrogen and oxygen atoms in total. The highest BCUT2D eigenvalue weighted by atomic mass is 32.2. The van der Waals surface area contributed by atoms with Gasteiger partial charge in [-0.15, -0.1) is 11.8 Å². The van der Waals surface area contributed by atoms with E-state index in [1.165, 1.54) is 17.7 Å². The molecule has 0 aliphatic rings. The molecule has 21 heavy (non-hydrogen) atoms. The van der Waals surface area contributed by atoms with Crippen molar-refractivity contribution in [2.45, 2.75) is 37.1 Å². The highest BCUT2D eigenvalue weighted by molar-refractivity contribution is 7.98. The summed E-state index contributed by atoms with van der Waals surface area (Å²) in [5, 5.41) is 3.38. The first-order valence-electron chi connectivity index (χ1n) is 6.93. The van der Waals surface area contributed by atoms with Crippen molar-refractivity contribution in [1.29, 1.82) is 0 Å². The highest BCUT2D eigenvalue weighted by Gasteiger charge is 2.04. The molecule has 4 heteroatoms. The predicted octanol–water partition coefficient (Wildman–Crippen LogP) is 4.76. The molecule has 0 saturated carbocycles. The fraction of sp³-hybridized carbons (Fsp3) is 0.294. The minimum absolute atomic E-state index is 0.448. The van der Waals surface area contributed by atoms with Crippen LogP contribution in [0.5, 0.6) is 0 Å². The first-order chi connectivity index (χ1) is 10.0. The summed E-state index contributed by atoms with van der Waals surface area (Å²) in [5.41, 5.74) is 2.00. The van der Waals surface area contributed by atoms with Crippen molar-refractivity contribution in [3.63, 3.8) is 0 Å². The van der Waals surface area contributed by atoms with E-state index in [9.17, 15) is 8.78 Å². The number of rotatable bonds is 6. The molecule has 0 amide bonds. The smallest absolute Gasteiger partial charge is 0.159 e. The standard InChI is InChI=1S/C17H19F2NS/c1-12(2)20-10-13-4-3-5-15(8-13)21-11-14-6-7-16(18)17(19)9-14/h3-9,12,20H,10-11H2,1-2H3. The van der Waals surface area contributed by atoms with Crippen LogP contribution in [0.1, 0.15) is 25.0 Å². The summed E-state index contributed by atoms with van der Waals surface area (Å²) < 4.78 is 26.0. The van der Waals surface area contributed by atoms with Crippen LogP contribution in [0.2, 0.25) is 0 Å². The van der Waals surface area contributed by atoms with Crippen LogP contribution >= 0.6 is 11.8 Å². The summed E-state index contributed by atoms with van der Waals surface area (Å²) in [7, 11) is 0. The Labute approximate surface area is 128 Å². The zero-order valence-electron chi connectivity index (χ0n) is 12.2. The highest BCUT2D eigenvalue weighted by Crippen LogP contribution is 2.24. The molecule has 0 saturated heterocycles. The maximum Gasteiger partial charge on any atom is 0.159 e. The second-order valence-electron chi connectivity index (χ2n) is 5.22. The van der Waals surface area contributed by atoms with E-state index in [4.69, 9.17) is 0 Å². The lowest BCUT2D eigenvalue weighted by Gasteiger charge is -2.09. The molecular formula is C17H19F2NS. The zero-order valence-corrected chi connectivity index (χ0v) is 13.0. The average molecular weight is 307 g/mol. The van der Waals surface area contributed by atoms with Crippen LogP contribution in [0.4, 0.5) is 8.78 Å². The summed E-state index contributed by atoms with van der Waals surface area (Å²) in [6.45, 7) is 5.06. The lowest BCUT2D eigenvalue weighted by Crippen LogP contribution is -2.21. The molecule has 0 aliphatic carbocycles. The molecule has 0 aliphatic heterocycles. The van der Waals surface area contributed by atoms with E-state index in [2.05, 4.69) is 31.3 Å². The third-order valence-corrected chi connectivity index (χ3v) is 4.07. The Bertz CT molecular complexity index is 599. The van der Waals surface area contributed by atoms with E-state index in [1.54, 1.807) is 17.8 Å². The average Bonchev–Trinajstić information content (AvgIpc) is 2.47. The third kappa shape index (κ3) is 5.14. The van der Waals surface area contributed by atoms with Gasteiger partial charge in [0.1, 0.15) is 0 Å². The van der Waals surface area contributed by atoms with Crippen LogP contribution in [0.3, 0.4) is 0 Å². The van der Waals surface area contributed by atoms with E-state index in [-0.39, 0.29) is 0 Å². The number of thioether (sulfide) groups is 1. The second-order valence-corrected chi connectivity index (χ2v) is 6.27. The quantitative estimate of drug-likeness (QED) is 0.773. The minimum Gasteiger partial charge on any atom is -0.310 e. The van der Waals surface area contributed by atoms with Gasteiger partial charge in [-0.25, -0.2) is 8.78 Å². The van der Waals surface area contributed by atoms with Crippen LogP contribution in [0, 0.1) is 11.6 Å². The maximum absolute atomic E-state index is 13.2. The van der Waals surface area contributed by atoms with E-state index in [0.717, 1.165) is 17.0 Å². The SMILES string of the molecule is CC(C)NCc1cccc(SCc2ccc(F)c(F)c2)c1. The van der Waals surface area contributed by atoms with Gasteiger partial charge in [0.25, 0.3) is 0 Å². The molecule has 0 heterocycles. The van der Waals surface area contributed by atoms with Gasteiger partial charge in [0.15, 0.2) is 11.6 Å².